The standard InChI is InChI=1S/C21H19ClN2O2S2/c1-21(2,3)14-10-8-13(9-11-14)12-17-19(26)24(20(27)28-17)23-18(25)15-6-4-5-7-16(15)22/h4-12H,1-3H3,(H,23,25)/b17-12+. The maximum absolute atomic E-state index is 12.7. The molecule has 2 aromatic rings. The van der Waals surface area contributed by atoms with Gasteiger partial charge >= 0.3 is 0 Å². The zero-order chi connectivity index (χ0) is 20.5. The lowest BCUT2D eigenvalue weighted by Gasteiger charge is -2.18. The van der Waals surface area contributed by atoms with Gasteiger partial charge in [0.05, 0.1) is 15.5 Å². The SMILES string of the molecule is CC(C)(C)c1ccc(/C=C2/SC(=S)N(NC(=O)c3ccccc3Cl)C2=O)cc1. The van der Waals surface area contributed by atoms with Crippen LogP contribution in [0.3, 0.4) is 0 Å². The predicted octanol–water partition coefficient (Wildman–Crippen LogP) is 5.18. The molecule has 1 fully saturated rings. The third kappa shape index (κ3) is 4.46. The van der Waals surface area contributed by atoms with Crippen LogP contribution < -0.4 is 5.43 Å². The minimum absolute atomic E-state index is 0.0605. The van der Waals surface area contributed by atoms with Gasteiger partial charge in [-0.1, -0.05) is 80.5 Å². The number of thiocarbonyl (C=S) groups is 1. The van der Waals surface area contributed by atoms with Crippen LogP contribution in [-0.4, -0.2) is 21.1 Å². The van der Waals surface area contributed by atoms with Gasteiger partial charge in [-0.05, 0) is 47.0 Å². The van der Waals surface area contributed by atoms with Gasteiger partial charge in [0.15, 0.2) is 4.32 Å². The highest BCUT2D eigenvalue weighted by molar-refractivity contribution is 8.26. The van der Waals surface area contributed by atoms with Crippen molar-refractivity contribution in [2.24, 2.45) is 0 Å². The Hall–Kier alpha value is -2.15. The van der Waals surface area contributed by atoms with E-state index >= 15 is 0 Å². The molecule has 0 atom stereocenters. The molecule has 1 N–H and O–H groups in total. The maximum atomic E-state index is 12.7. The first-order valence-electron chi connectivity index (χ1n) is 8.61. The van der Waals surface area contributed by atoms with Gasteiger partial charge in [0, 0.05) is 0 Å². The smallest absolute Gasteiger partial charge is 0.267 e. The summed E-state index contributed by atoms with van der Waals surface area (Å²) >= 11 is 12.5. The number of rotatable bonds is 3. The van der Waals surface area contributed by atoms with E-state index in [4.69, 9.17) is 23.8 Å². The van der Waals surface area contributed by atoms with Crippen LogP contribution in [0.4, 0.5) is 0 Å². The molecular formula is C21H19ClN2O2S2. The fraction of sp³-hybridized carbons (Fsp3) is 0.190. The van der Waals surface area contributed by atoms with Gasteiger partial charge in [0.1, 0.15) is 0 Å². The van der Waals surface area contributed by atoms with Crippen LogP contribution in [0.5, 0.6) is 0 Å². The first-order valence-corrected chi connectivity index (χ1v) is 10.2. The highest BCUT2D eigenvalue weighted by Gasteiger charge is 2.34. The first-order chi connectivity index (χ1) is 13.2. The summed E-state index contributed by atoms with van der Waals surface area (Å²) in [6.07, 6.45) is 1.77. The fourth-order valence-electron chi connectivity index (χ4n) is 2.60. The predicted molar refractivity (Wildman–Crippen MR) is 119 cm³/mol. The fourth-order valence-corrected chi connectivity index (χ4v) is 4.00. The maximum Gasteiger partial charge on any atom is 0.285 e. The van der Waals surface area contributed by atoms with Crippen molar-refractivity contribution in [1.29, 1.82) is 0 Å². The normalized spacial score (nSPS) is 16.0. The molecule has 0 radical (unpaired) electrons. The molecule has 1 heterocycles. The molecular weight excluding hydrogens is 412 g/mol. The van der Waals surface area contributed by atoms with Gasteiger partial charge in [0.2, 0.25) is 0 Å². The molecule has 0 saturated carbocycles. The third-order valence-corrected chi connectivity index (χ3v) is 5.83. The van der Waals surface area contributed by atoms with Crippen molar-refractivity contribution < 1.29 is 9.59 Å². The van der Waals surface area contributed by atoms with E-state index in [0.29, 0.717) is 9.93 Å². The lowest BCUT2D eigenvalue weighted by Crippen LogP contribution is -2.44. The van der Waals surface area contributed by atoms with Crippen molar-refractivity contribution in [3.8, 4) is 0 Å². The highest BCUT2D eigenvalue weighted by atomic mass is 35.5. The second-order valence-electron chi connectivity index (χ2n) is 7.31. The highest BCUT2D eigenvalue weighted by Crippen LogP contribution is 2.32. The number of hydrazine groups is 1. The van der Waals surface area contributed by atoms with Gasteiger partial charge in [-0.3, -0.25) is 15.0 Å². The summed E-state index contributed by atoms with van der Waals surface area (Å²) in [5, 5.41) is 1.39. The molecule has 0 bridgehead atoms. The number of hydrogen-bond acceptors (Lipinski definition) is 4. The molecule has 1 saturated heterocycles. The molecule has 144 valence electrons. The van der Waals surface area contributed by atoms with E-state index < -0.39 is 5.91 Å². The molecule has 2 aromatic carbocycles. The Morgan fingerprint density at radius 1 is 1.14 bits per heavy atom. The molecule has 1 aliphatic rings. The summed E-state index contributed by atoms with van der Waals surface area (Å²) in [5.74, 6) is -0.854. The molecule has 3 rings (SSSR count). The summed E-state index contributed by atoms with van der Waals surface area (Å²) < 4.78 is 0.267. The number of carbonyl (C=O) groups is 2. The Kier molecular flexibility index (Phi) is 5.93. The van der Waals surface area contributed by atoms with E-state index in [1.165, 1.54) is 5.56 Å². The average molecular weight is 431 g/mol. The van der Waals surface area contributed by atoms with Crippen LogP contribution in [0, 0.1) is 0 Å². The van der Waals surface area contributed by atoms with E-state index in [-0.39, 0.29) is 21.2 Å². The van der Waals surface area contributed by atoms with Gasteiger partial charge in [-0.25, -0.2) is 0 Å². The zero-order valence-electron chi connectivity index (χ0n) is 15.7. The van der Waals surface area contributed by atoms with Crippen molar-refractivity contribution in [2.75, 3.05) is 0 Å². The Morgan fingerprint density at radius 2 is 1.79 bits per heavy atom. The van der Waals surface area contributed by atoms with Gasteiger partial charge < -0.3 is 0 Å². The summed E-state index contributed by atoms with van der Waals surface area (Å²) in [7, 11) is 0. The summed E-state index contributed by atoms with van der Waals surface area (Å²) in [6.45, 7) is 6.44. The number of hydrogen-bond donors (Lipinski definition) is 1. The van der Waals surface area contributed by atoms with Crippen molar-refractivity contribution >= 4 is 57.8 Å². The monoisotopic (exact) mass is 430 g/mol. The number of nitrogens with zero attached hydrogens (tertiary/aromatic N) is 1. The van der Waals surface area contributed by atoms with Crippen LogP contribution >= 0.6 is 35.6 Å². The van der Waals surface area contributed by atoms with Gasteiger partial charge in [0.25, 0.3) is 11.8 Å². The summed E-state index contributed by atoms with van der Waals surface area (Å²) in [4.78, 5) is 25.6. The Labute approximate surface area is 178 Å². The molecule has 28 heavy (non-hydrogen) atoms. The quantitative estimate of drug-likeness (QED) is 0.538. The zero-order valence-corrected chi connectivity index (χ0v) is 18.0. The van der Waals surface area contributed by atoms with Crippen LogP contribution in [0.15, 0.2) is 53.4 Å². The molecule has 0 unspecified atom stereocenters. The van der Waals surface area contributed by atoms with Gasteiger partial charge in [-0.2, -0.15) is 5.01 Å². The minimum Gasteiger partial charge on any atom is -0.267 e. The molecule has 0 spiro atoms. The van der Waals surface area contributed by atoms with E-state index in [9.17, 15) is 9.59 Å². The van der Waals surface area contributed by atoms with Crippen LogP contribution in [0.25, 0.3) is 6.08 Å². The first kappa shape index (κ1) is 20.6. The Morgan fingerprint density at radius 3 is 2.39 bits per heavy atom. The Balaban J connectivity index is 1.77. The number of thioether (sulfide) groups is 1. The second kappa shape index (κ2) is 8.07. The third-order valence-electron chi connectivity index (χ3n) is 4.20. The van der Waals surface area contributed by atoms with Crippen LogP contribution in [0.2, 0.25) is 5.02 Å². The van der Waals surface area contributed by atoms with Crippen LogP contribution in [-0.2, 0) is 10.2 Å². The largest absolute Gasteiger partial charge is 0.285 e. The number of halogens is 1. The van der Waals surface area contributed by atoms with Crippen molar-refractivity contribution in [1.82, 2.24) is 10.4 Å². The van der Waals surface area contributed by atoms with Crippen molar-refractivity contribution in [3.63, 3.8) is 0 Å². The van der Waals surface area contributed by atoms with Crippen molar-refractivity contribution in [2.45, 2.75) is 26.2 Å². The summed E-state index contributed by atoms with van der Waals surface area (Å²) in [5.41, 5.74) is 4.98. The number of carbonyl (C=O) groups excluding carboxylic acids is 2. The lowest BCUT2D eigenvalue weighted by atomic mass is 9.87. The van der Waals surface area contributed by atoms with E-state index in [2.05, 4.69) is 26.2 Å². The van der Waals surface area contributed by atoms with E-state index in [0.717, 1.165) is 22.3 Å². The number of amides is 2. The number of nitrogens with one attached hydrogen (secondary N) is 1. The second-order valence-corrected chi connectivity index (χ2v) is 9.39. The number of benzene rings is 2. The average Bonchev–Trinajstić information content (AvgIpc) is 2.89. The Bertz CT molecular complexity index is 979. The molecule has 4 nitrogen and oxygen atoms in total. The molecule has 2 amide bonds. The molecule has 0 aliphatic carbocycles. The van der Waals surface area contributed by atoms with Gasteiger partial charge in [-0.15, -0.1) is 0 Å². The summed E-state index contributed by atoms with van der Waals surface area (Å²) in [6, 6.07) is 14.7. The minimum atomic E-state index is -0.488. The van der Waals surface area contributed by atoms with Crippen molar-refractivity contribution in [3.05, 3.63) is 75.1 Å². The van der Waals surface area contributed by atoms with E-state index in [1.807, 2.05) is 24.3 Å². The van der Waals surface area contributed by atoms with Crippen LogP contribution in [0.1, 0.15) is 42.3 Å². The van der Waals surface area contributed by atoms with E-state index in [1.54, 1.807) is 30.3 Å². The topological polar surface area (TPSA) is 49.4 Å². The molecule has 1 aliphatic heterocycles. The molecule has 0 aromatic heterocycles. The lowest BCUT2D eigenvalue weighted by molar-refractivity contribution is -0.123. The molecule has 7 heteroatoms.